The summed E-state index contributed by atoms with van der Waals surface area (Å²) in [6.07, 6.45) is 2.96. The van der Waals surface area contributed by atoms with Gasteiger partial charge in [0.25, 0.3) is 0 Å². The predicted molar refractivity (Wildman–Crippen MR) is 129 cm³/mol. The molecule has 0 aliphatic rings. The lowest BCUT2D eigenvalue weighted by atomic mass is 9.98. The Kier molecular flexibility index (Phi) is 12.0. The van der Waals surface area contributed by atoms with Crippen LogP contribution >= 0.6 is 0 Å². The third kappa shape index (κ3) is 10.4. The summed E-state index contributed by atoms with van der Waals surface area (Å²) in [7, 11) is 0. The van der Waals surface area contributed by atoms with E-state index in [1.807, 2.05) is 6.07 Å². The first-order chi connectivity index (χ1) is 16.5. The van der Waals surface area contributed by atoms with E-state index in [9.17, 15) is 14.4 Å². The normalized spacial score (nSPS) is 12.2. The summed E-state index contributed by atoms with van der Waals surface area (Å²) in [6, 6.07) is 16.4. The van der Waals surface area contributed by atoms with E-state index in [4.69, 9.17) is 14.2 Å². The van der Waals surface area contributed by atoms with Gasteiger partial charge < -0.3 is 24.8 Å². The summed E-state index contributed by atoms with van der Waals surface area (Å²) in [5.41, 5.74) is 0. The molecule has 2 atom stereocenters. The molecular weight excluding hydrogens is 436 g/mol. The molecule has 0 saturated carbocycles. The van der Waals surface area contributed by atoms with Gasteiger partial charge in [-0.25, -0.2) is 14.4 Å². The van der Waals surface area contributed by atoms with Gasteiger partial charge in [0.15, 0.2) is 0 Å². The Balaban J connectivity index is 1.88. The number of para-hydroxylation sites is 2. The van der Waals surface area contributed by atoms with Crippen molar-refractivity contribution in [1.82, 2.24) is 10.6 Å². The molecule has 2 aromatic rings. The molecule has 0 aromatic heterocycles. The van der Waals surface area contributed by atoms with Gasteiger partial charge in [-0.2, -0.15) is 0 Å². The summed E-state index contributed by atoms with van der Waals surface area (Å²) in [6.45, 7) is 4.45. The molecule has 0 bridgehead atoms. The van der Waals surface area contributed by atoms with E-state index >= 15 is 0 Å². The van der Waals surface area contributed by atoms with Crippen molar-refractivity contribution in [2.45, 2.75) is 52.0 Å². The molecule has 2 rings (SSSR count). The smallest absolute Gasteiger partial charge is 0.413 e. The maximum Gasteiger partial charge on any atom is 0.413 e. The Morgan fingerprint density at radius 3 is 2.00 bits per heavy atom. The van der Waals surface area contributed by atoms with Gasteiger partial charge in [0.2, 0.25) is 0 Å². The number of benzene rings is 2. The number of unbranched alkanes of at least 4 members (excludes halogenated alkanes) is 3. The minimum Gasteiger partial charge on any atom is -0.464 e. The second kappa shape index (κ2) is 15.3. The van der Waals surface area contributed by atoms with Gasteiger partial charge in [0.1, 0.15) is 17.5 Å². The summed E-state index contributed by atoms with van der Waals surface area (Å²) in [5.74, 6) is -0.0584. The van der Waals surface area contributed by atoms with Crippen LogP contribution in [0, 0.1) is 5.92 Å². The summed E-state index contributed by atoms with van der Waals surface area (Å²) >= 11 is 0. The van der Waals surface area contributed by atoms with Crippen LogP contribution in [-0.2, 0) is 9.53 Å². The molecule has 184 valence electrons. The largest absolute Gasteiger partial charge is 0.464 e. The monoisotopic (exact) mass is 470 g/mol. The fraction of sp³-hybridized carbons (Fsp3) is 0.423. The molecule has 2 N–H and O–H groups in total. The molecule has 0 saturated heterocycles. The minimum absolute atomic E-state index is 0.253. The summed E-state index contributed by atoms with van der Waals surface area (Å²) in [4.78, 5) is 37.1. The van der Waals surface area contributed by atoms with Crippen molar-refractivity contribution in [2.24, 2.45) is 5.92 Å². The van der Waals surface area contributed by atoms with Crippen LogP contribution in [0.15, 0.2) is 60.7 Å². The second-order valence-corrected chi connectivity index (χ2v) is 7.95. The SMILES string of the molecule is CCCCCCOC(=O)C(NC(=O)Oc1ccccc1)C(C)CCNC(=O)Oc1ccccc1. The average molecular weight is 471 g/mol. The highest BCUT2D eigenvalue weighted by Crippen LogP contribution is 2.13. The number of rotatable bonds is 13. The first kappa shape index (κ1) is 26.7. The number of hydrogen-bond acceptors (Lipinski definition) is 6. The molecule has 2 unspecified atom stereocenters. The quantitative estimate of drug-likeness (QED) is 0.313. The first-order valence-corrected chi connectivity index (χ1v) is 11.7. The third-order valence-electron chi connectivity index (χ3n) is 5.12. The van der Waals surface area contributed by atoms with Gasteiger partial charge in [0.05, 0.1) is 6.61 Å². The van der Waals surface area contributed by atoms with E-state index < -0.39 is 24.2 Å². The molecule has 0 aliphatic carbocycles. The average Bonchev–Trinajstić information content (AvgIpc) is 2.83. The molecule has 0 heterocycles. The van der Waals surface area contributed by atoms with E-state index in [0.29, 0.717) is 24.5 Å². The maximum atomic E-state index is 12.7. The topological polar surface area (TPSA) is 103 Å². The Morgan fingerprint density at radius 1 is 0.824 bits per heavy atom. The van der Waals surface area contributed by atoms with Crippen molar-refractivity contribution < 1.29 is 28.6 Å². The molecule has 0 radical (unpaired) electrons. The van der Waals surface area contributed by atoms with E-state index in [0.717, 1.165) is 25.7 Å². The van der Waals surface area contributed by atoms with Crippen LogP contribution in [0.1, 0.15) is 46.0 Å². The number of esters is 1. The standard InChI is InChI=1S/C26H34N2O6/c1-3-4-5-12-19-32-24(29)23(28-26(31)34-22-15-10-7-11-16-22)20(2)17-18-27-25(30)33-21-13-8-6-9-14-21/h6-11,13-16,20,23H,3-5,12,17-19H2,1-2H3,(H,27,30)(H,28,31). The van der Waals surface area contributed by atoms with E-state index in [1.54, 1.807) is 61.5 Å². The maximum absolute atomic E-state index is 12.7. The van der Waals surface area contributed by atoms with Gasteiger partial charge in [-0.1, -0.05) is 69.5 Å². The molecule has 0 fully saturated rings. The zero-order chi connectivity index (χ0) is 24.6. The zero-order valence-electron chi connectivity index (χ0n) is 19.8. The van der Waals surface area contributed by atoms with Gasteiger partial charge in [0, 0.05) is 6.54 Å². The van der Waals surface area contributed by atoms with Crippen LogP contribution in [0.25, 0.3) is 0 Å². The first-order valence-electron chi connectivity index (χ1n) is 11.7. The fourth-order valence-electron chi connectivity index (χ4n) is 3.18. The lowest BCUT2D eigenvalue weighted by Gasteiger charge is -2.23. The number of hydrogen-bond donors (Lipinski definition) is 2. The zero-order valence-corrected chi connectivity index (χ0v) is 19.8. The number of carbonyl (C=O) groups is 3. The molecule has 0 spiro atoms. The van der Waals surface area contributed by atoms with Crippen molar-refractivity contribution in [3.63, 3.8) is 0 Å². The van der Waals surface area contributed by atoms with E-state index in [2.05, 4.69) is 17.6 Å². The lowest BCUT2D eigenvalue weighted by molar-refractivity contribution is -0.147. The third-order valence-corrected chi connectivity index (χ3v) is 5.12. The Hall–Kier alpha value is -3.55. The van der Waals surface area contributed by atoms with Crippen molar-refractivity contribution in [3.8, 4) is 11.5 Å². The van der Waals surface area contributed by atoms with Crippen LogP contribution in [0.4, 0.5) is 9.59 Å². The summed E-state index contributed by atoms with van der Waals surface area (Å²) in [5, 5.41) is 5.27. The van der Waals surface area contributed by atoms with E-state index in [1.165, 1.54) is 0 Å². The van der Waals surface area contributed by atoms with Crippen molar-refractivity contribution in [2.75, 3.05) is 13.2 Å². The molecule has 8 nitrogen and oxygen atoms in total. The van der Waals surface area contributed by atoms with Crippen LogP contribution in [0.3, 0.4) is 0 Å². The van der Waals surface area contributed by atoms with Crippen LogP contribution < -0.4 is 20.1 Å². The van der Waals surface area contributed by atoms with Gasteiger partial charge in [-0.05, 0) is 43.0 Å². The number of carbonyl (C=O) groups excluding carboxylic acids is 3. The summed E-state index contributed by atoms with van der Waals surface area (Å²) < 4.78 is 15.9. The fourth-order valence-corrected chi connectivity index (χ4v) is 3.18. The Labute approximate surface area is 201 Å². The number of ether oxygens (including phenoxy) is 3. The highest BCUT2D eigenvalue weighted by atomic mass is 16.6. The highest BCUT2D eigenvalue weighted by molar-refractivity contribution is 5.82. The van der Waals surface area contributed by atoms with Crippen molar-refractivity contribution in [1.29, 1.82) is 0 Å². The van der Waals surface area contributed by atoms with E-state index in [-0.39, 0.29) is 12.5 Å². The highest BCUT2D eigenvalue weighted by Gasteiger charge is 2.29. The van der Waals surface area contributed by atoms with Crippen LogP contribution in [-0.4, -0.2) is 37.3 Å². The Morgan fingerprint density at radius 2 is 1.41 bits per heavy atom. The predicted octanol–water partition coefficient (Wildman–Crippen LogP) is 5.08. The second-order valence-electron chi connectivity index (χ2n) is 7.95. The van der Waals surface area contributed by atoms with Crippen LogP contribution in [0.2, 0.25) is 0 Å². The number of amides is 2. The minimum atomic E-state index is -0.922. The number of nitrogens with one attached hydrogen (secondary N) is 2. The van der Waals surface area contributed by atoms with Gasteiger partial charge in [-0.3, -0.25) is 0 Å². The Bertz CT molecular complexity index is 875. The van der Waals surface area contributed by atoms with Crippen LogP contribution in [0.5, 0.6) is 11.5 Å². The molecular formula is C26H34N2O6. The molecule has 34 heavy (non-hydrogen) atoms. The molecule has 2 aromatic carbocycles. The molecule has 2 amide bonds. The lowest BCUT2D eigenvalue weighted by Crippen LogP contribution is -2.48. The van der Waals surface area contributed by atoms with Crippen molar-refractivity contribution >= 4 is 18.2 Å². The van der Waals surface area contributed by atoms with Gasteiger partial charge in [-0.15, -0.1) is 0 Å². The van der Waals surface area contributed by atoms with Gasteiger partial charge >= 0.3 is 18.2 Å². The molecule has 8 heteroatoms. The molecule has 0 aliphatic heterocycles. The van der Waals surface area contributed by atoms with Crippen molar-refractivity contribution in [3.05, 3.63) is 60.7 Å².